The predicted octanol–water partition coefficient (Wildman–Crippen LogP) is 2.72. The minimum absolute atomic E-state index is 0.125. The van der Waals surface area contributed by atoms with E-state index in [-0.39, 0.29) is 5.91 Å². The van der Waals surface area contributed by atoms with Crippen molar-refractivity contribution < 1.29 is 4.79 Å². The highest BCUT2D eigenvalue weighted by atomic mass is 35.5. The molecule has 0 aromatic heterocycles. The number of halogens is 2. The molecule has 0 saturated carbocycles. The predicted molar refractivity (Wildman–Crippen MR) is 72.0 cm³/mol. The van der Waals surface area contributed by atoms with Crippen LogP contribution in [-0.2, 0) is 0 Å². The zero-order valence-electron chi connectivity index (χ0n) is 9.72. The molecule has 0 fully saturated rings. The molecule has 0 aliphatic carbocycles. The van der Waals surface area contributed by atoms with Crippen LogP contribution in [0.2, 0.25) is 10.0 Å². The first-order chi connectivity index (χ1) is 8.15. The van der Waals surface area contributed by atoms with E-state index in [2.05, 4.69) is 10.6 Å². The summed E-state index contributed by atoms with van der Waals surface area (Å²) >= 11 is 11.6. The molecule has 0 radical (unpaired) electrons. The fourth-order valence-corrected chi connectivity index (χ4v) is 1.63. The van der Waals surface area contributed by atoms with E-state index in [1.807, 2.05) is 6.92 Å². The van der Waals surface area contributed by atoms with E-state index in [4.69, 9.17) is 23.2 Å². The Morgan fingerprint density at radius 3 is 2.65 bits per heavy atom. The Morgan fingerprint density at radius 2 is 2.00 bits per heavy atom. The van der Waals surface area contributed by atoms with Crippen LogP contribution in [0.1, 0.15) is 23.7 Å². The third-order valence-corrected chi connectivity index (χ3v) is 2.99. The first-order valence-corrected chi connectivity index (χ1v) is 6.34. The average Bonchev–Trinajstić information content (AvgIpc) is 2.32. The van der Waals surface area contributed by atoms with Crippen molar-refractivity contribution in [2.45, 2.75) is 13.3 Å². The number of carbonyl (C=O) groups excluding carboxylic acids is 1. The number of nitrogens with one attached hydrogen (secondary N) is 2. The lowest BCUT2D eigenvalue weighted by atomic mass is 10.2. The molecule has 0 bridgehead atoms. The lowest BCUT2D eigenvalue weighted by Crippen LogP contribution is -2.27. The van der Waals surface area contributed by atoms with Crippen LogP contribution in [-0.4, -0.2) is 25.5 Å². The van der Waals surface area contributed by atoms with Crippen LogP contribution < -0.4 is 10.6 Å². The number of amides is 1. The molecule has 1 rings (SSSR count). The molecule has 0 aliphatic heterocycles. The summed E-state index contributed by atoms with van der Waals surface area (Å²) in [6, 6.07) is 4.86. The molecule has 1 aromatic rings. The number of benzene rings is 1. The van der Waals surface area contributed by atoms with Crippen molar-refractivity contribution in [1.82, 2.24) is 10.6 Å². The molecule has 0 saturated heterocycles. The number of hydrogen-bond donors (Lipinski definition) is 2. The largest absolute Gasteiger partial charge is 0.352 e. The van der Waals surface area contributed by atoms with Crippen molar-refractivity contribution in [3.05, 3.63) is 33.8 Å². The second kappa shape index (κ2) is 7.54. The Bertz CT molecular complexity index is 383. The summed E-state index contributed by atoms with van der Waals surface area (Å²) < 4.78 is 0. The van der Waals surface area contributed by atoms with Gasteiger partial charge in [-0.2, -0.15) is 0 Å². The molecule has 17 heavy (non-hydrogen) atoms. The fraction of sp³-hybridized carbons (Fsp3) is 0.417. The van der Waals surface area contributed by atoms with E-state index in [1.54, 1.807) is 18.2 Å². The van der Waals surface area contributed by atoms with Gasteiger partial charge in [-0.05, 0) is 37.7 Å². The van der Waals surface area contributed by atoms with Gasteiger partial charge in [-0.15, -0.1) is 0 Å². The summed E-state index contributed by atoms with van der Waals surface area (Å²) in [5.41, 5.74) is 0.530. The molecule has 2 N–H and O–H groups in total. The molecule has 0 aliphatic rings. The summed E-state index contributed by atoms with van der Waals surface area (Å²) in [6.07, 6.45) is 0.904. The van der Waals surface area contributed by atoms with Gasteiger partial charge < -0.3 is 10.6 Å². The minimum Gasteiger partial charge on any atom is -0.352 e. The van der Waals surface area contributed by atoms with Crippen LogP contribution in [0.4, 0.5) is 0 Å². The molecule has 1 amide bonds. The van der Waals surface area contributed by atoms with E-state index in [1.165, 1.54) is 0 Å². The van der Waals surface area contributed by atoms with E-state index < -0.39 is 0 Å². The van der Waals surface area contributed by atoms with E-state index >= 15 is 0 Å². The van der Waals surface area contributed by atoms with Gasteiger partial charge in [-0.25, -0.2) is 0 Å². The van der Waals surface area contributed by atoms with Crippen molar-refractivity contribution in [3.63, 3.8) is 0 Å². The van der Waals surface area contributed by atoms with Gasteiger partial charge in [0.15, 0.2) is 0 Å². The molecule has 0 unspecified atom stereocenters. The maximum absolute atomic E-state index is 11.7. The van der Waals surface area contributed by atoms with E-state index in [0.717, 1.165) is 19.5 Å². The Morgan fingerprint density at radius 1 is 1.24 bits per heavy atom. The normalized spacial score (nSPS) is 10.3. The summed E-state index contributed by atoms with van der Waals surface area (Å²) in [6.45, 7) is 4.54. The van der Waals surface area contributed by atoms with E-state index in [9.17, 15) is 4.79 Å². The summed E-state index contributed by atoms with van der Waals surface area (Å²) in [5, 5.41) is 6.86. The highest BCUT2D eigenvalue weighted by Crippen LogP contribution is 2.22. The van der Waals surface area contributed by atoms with Crippen LogP contribution in [0, 0.1) is 0 Å². The molecule has 0 spiro atoms. The lowest BCUT2D eigenvalue weighted by Gasteiger charge is -2.06. The van der Waals surface area contributed by atoms with Crippen LogP contribution >= 0.6 is 23.2 Å². The smallest absolute Gasteiger partial charge is 0.251 e. The molecule has 5 heteroatoms. The van der Waals surface area contributed by atoms with Crippen molar-refractivity contribution in [3.8, 4) is 0 Å². The molecule has 0 atom stereocenters. The van der Waals surface area contributed by atoms with Gasteiger partial charge in [-0.3, -0.25) is 4.79 Å². The number of rotatable bonds is 6. The quantitative estimate of drug-likeness (QED) is 0.784. The minimum atomic E-state index is -0.125. The molecular weight excluding hydrogens is 259 g/mol. The van der Waals surface area contributed by atoms with Crippen molar-refractivity contribution in [2.24, 2.45) is 0 Å². The van der Waals surface area contributed by atoms with Gasteiger partial charge in [0.25, 0.3) is 5.91 Å². The van der Waals surface area contributed by atoms with Gasteiger partial charge in [0.1, 0.15) is 0 Å². The highest BCUT2D eigenvalue weighted by molar-refractivity contribution is 6.42. The van der Waals surface area contributed by atoms with Gasteiger partial charge in [0.05, 0.1) is 10.0 Å². The topological polar surface area (TPSA) is 41.1 Å². The van der Waals surface area contributed by atoms with Gasteiger partial charge in [-0.1, -0.05) is 30.1 Å². The summed E-state index contributed by atoms with van der Waals surface area (Å²) in [4.78, 5) is 11.7. The van der Waals surface area contributed by atoms with Crippen molar-refractivity contribution >= 4 is 29.1 Å². The molecule has 94 valence electrons. The van der Waals surface area contributed by atoms with Crippen LogP contribution in [0.5, 0.6) is 0 Å². The Labute approximate surface area is 111 Å². The standard InChI is InChI=1S/C12H16Cl2N2O/c1-2-15-6-3-7-16-12(17)9-4-5-10(13)11(14)8-9/h4-5,8,15H,2-3,6-7H2,1H3,(H,16,17). The first kappa shape index (κ1) is 14.3. The lowest BCUT2D eigenvalue weighted by molar-refractivity contribution is 0.0953. The van der Waals surface area contributed by atoms with Crippen LogP contribution in [0.25, 0.3) is 0 Å². The Hall–Kier alpha value is -0.770. The Balaban J connectivity index is 2.39. The number of hydrogen-bond acceptors (Lipinski definition) is 2. The second-order valence-electron chi connectivity index (χ2n) is 3.59. The van der Waals surface area contributed by atoms with Gasteiger partial charge in [0, 0.05) is 12.1 Å². The first-order valence-electron chi connectivity index (χ1n) is 5.59. The highest BCUT2D eigenvalue weighted by Gasteiger charge is 2.06. The third kappa shape index (κ3) is 4.94. The second-order valence-corrected chi connectivity index (χ2v) is 4.41. The zero-order chi connectivity index (χ0) is 12.7. The Kier molecular flexibility index (Phi) is 6.34. The van der Waals surface area contributed by atoms with Crippen molar-refractivity contribution in [1.29, 1.82) is 0 Å². The SMILES string of the molecule is CCNCCCNC(=O)c1ccc(Cl)c(Cl)c1. The maximum Gasteiger partial charge on any atom is 0.251 e. The van der Waals surface area contributed by atoms with Gasteiger partial charge in [0.2, 0.25) is 0 Å². The van der Waals surface area contributed by atoms with Crippen molar-refractivity contribution in [2.75, 3.05) is 19.6 Å². The monoisotopic (exact) mass is 274 g/mol. The fourth-order valence-electron chi connectivity index (χ4n) is 1.33. The third-order valence-electron chi connectivity index (χ3n) is 2.25. The molecule has 0 heterocycles. The summed E-state index contributed by atoms with van der Waals surface area (Å²) in [5.74, 6) is -0.125. The maximum atomic E-state index is 11.7. The zero-order valence-corrected chi connectivity index (χ0v) is 11.2. The molecule has 1 aromatic carbocycles. The molecular formula is C12H16Cl2N2O. The average molecular weight is 275 g/mol. The van der Waals surface area contributed by atoms with Gasteiger partial charge >= 0.3 is 0 Å². The molecule has 3 nitrogen and oxygen atoms in total. The van der Waals surface area contributed by atoms with Crippen LogP contribution in [0.15, 0.2) is 18.2 Å². The number of carbonyl (C=O) groups is 1. The van der Waals surface area contributed by atoms with E-state index in [0.29, 0.717) is 22.2 Å². The summed E-state index contributed by atoms with van der Waals surface area (Å²) in [7, 11) is 0. The van der Waals surface area contributed by atoms with Crippen LogP contribution in [0.3, 0.4) is 0 Å².